The summed E-state index contributed by atoms with van der Waals surface area (Å²) in [5.74, 6) is 0.550. The molecule has 88 valence electrons. The number of nitrogens with two attached hydrogens (primary N) is 1. The molecular formula is C11H16N2O3. The van der Waals surface area contributed by atoms with Crippen LogP contribution in [0.1, 0.15) is 6.42 Å². The Bertz CT molecular complexity index is 325. The van der Waals surface area contributed by atoms with Crippen LogP contribution in [-0.2, 0) is 4.79 Å². The number of aliphatic hydroxyl groups is 1. The highest BCUT2D eigenvalue weighted by Gasteiger charge is 2.00. The third kappa shape index (κ3) is 4.65. The van der Waals surface area contributed by atoms with Crippen LogP contribution in [0.4, 0.5) is 5.69 Å². The molecule has 0 spiro atoms. The summed E-state index contributed by atoms with van der Waals surface area (Å²) in [6, 6.07) is 6.98. The van der Waals surface area contributed by atoms with Gasteiger partial charge in [-0.1, -0.05) is 0 Å². The van der Waals surface area contributed by atoms with Gasteiger partial charge in [0.1, 0.15) is 5.75 Å². The molecule has 16 heavy (non-hydrogen) atoms. The Kier molecular flexibility index (Phi) is 5.15. The van der Waals surface area contributed by atoms with Crippen molar-refractivity contribution in [3.8, 4) is 5.75 Å². The normalized spacial score (nSPS) is 9.81. The third-order valence-electron chi connectivity index (χ3n) is 1.91. The van der Waals surface area contributed by atoms with Crippen molar-refractivity contribution in [1.82, 2.24) is 5.32 Å². The molecule has 1 amide bonds. The van der Waals surface area contributed by atoms with Crippen molar-refractivity contribution in [3.63, 3.8) is 0 Å². The van der Waals surface area contributed by atoms with Crippen molar-refractivity contribution in [2.24, 2.45) is 0 Å². The van der Waals surface area contributed by atoms with Gasteiger partial charge in [-0.2, -0.15) is 0 Å². The van der Waals surface area contributed by atoms with E-state index in [2.05, 4.69) is 5.32 Å². The van der Waals surface area contributed by atoms with E-state index in [-0.39, 0.29) is 25.5 Å². The molecule has 1 aromatic rings. The zero-order valence-electron chi connectivity index (χ0n) is 8.98. The second-order valence-corrected chi connectivity index (χ2v) is 3.24. The summed E-state index contributed by atoms with van der Waals surface area (Å²) in [6.07, 6.45) is 0.268. The van der Waals surface area contributed by atoms with Gasteiger partial charge in [-0.25, -0.2) is 0 Å². The van der Waals surface area contributed by atoms with E-state index >= 15 is 0 Å². The van der Waals surface area contributed by atoms with Crippen molar-refractivity contribution in [2.75, 3.05) is 25.5 Å². The van der Waals surface area contributed by atoms with Crippen LogP contribution in [0.15, 0.2) is 24.3 Å². The monoisotopic (exact) mass is 224 g/mol. The Hall–Kier alpha value is -1.75. The molecule has 0 radical (unpaired) electrons. The Balaban J connectivity index is 2.20. The first kappa shape index (κ1) is 12.3. The van der Waals surface area contributed by atoms with E-state index in [1.165, 1.54) is 0 Å². The highest BCUT2D eigenvalue weighted by molar-refractivity contribution is 5.75. The average Bonchev–Trinajstić information content (AvgIpc) is 2.29. The molecule has 0 aliphatic carbocycles. The van der Waals surface area contributed by atoms with Crippen molar-refractivity contribution < 1.29 is 14.6 Å². The van der Waals surface area contributed by atoms with Gasteiger partial charge in [0.15, 0.2) is 0 Å². The fraction of sp³-hybridized carbons (Fsp3) is 0.364. The minimum atomic E-state index is -0.135. The summed E-state index contributed by atoms with van der Waals surface area (Å²) in [4.78, 5) is 11.1. The zero-order valence-corrected chi connectivity index (χ0v) is 8.98. The predicted molar refractivity (Wildman–Crippen MR) is 61.1 cm³/mol. The molecule has 5 heteroatoms. The fourth-order valence-corrected chi connectivity index (χ4v) is 1.11. The molecule has 0 heterocycles. The van der Waals surface area contributed by atoms with Crippen LogP contribution in [0.2, 0.25) is 0 Å². The molecule has 1 rings (SSSR count). The summed E-state index contributed by atoms with van der Waals surface area (Å²) < 4.78 is 5.33. The van der Waals surface area contributed by atoms with Crippen LogP contribution in [0, 0.1) is 0 Å². The van der Waals surface area contributed by atoms with E-state index in [1.54, 1.807) is 24.3 Å². The molecule has 0 aromatic heterocycles. The SMILES string of the molecule is Nc1ccc(OCCC(=O)NCCO)cc1. The predicted octanol–water partition coefficient (Wildman–Crippen LogP) is 0.146. The minimum Gasteiger partial charge on any atom is -0.493 e. The van der Waals surface area contributed by atoms with E-state index in [1.807, 2.05) is 0 Å². The maximum absolute atomic E-state index is 11.1. The molecule has 0 unspecified atom stereocenters. The molecule has 1 aromatic carbocycles. The molecule has 4 N–H and O–H groups in total. The molecular weight excluding hydrogens is 208 g/mol. The van der Waals surface area contributed by atoms with Gasteiger partial charge in [0.25, 0.3) is 0 Å². The lowest BCUT2D eigenvalue weighted by Crippen LogP contribution is -2.27. The van der Waals surface area contributed by atoms with Gasteiger partial charge < -0.3 is 20.9 Å². The highest BCUT2D eigenvalue weighted by Crippen LogP contribution is 2.12. The van der Waals surface area contributed by atoms with Crippen LogP contribution in [0.3, 0.4) is 0 Å². The molecule has 5 nitrogen and oxygen atoms in total. The Morgan fingerprint density at radius 1 is 1.38 bits per heavy atom. The lowest BCUT2D eigenvalue weighted by Gasteiger charge is -2.06. The van der Waals surface area contributed by atoms with Crippen LogP contribution < -0.4 is 15.8 Å². The smallest absolute Gasteiger partial charge is 0.223 e. The minimum absolute atomic E-state index is 0.0510. The molecule has 0 aliphatic heterocycles. The first-order valence-corrected chi connectivity index (χ1v) is 5.08. The average molecular weight is 224 g/mol. The van der Waals surface area contributed by atoms with Gasteiger partial charge in [0, 0.05) is 12.2 Å². The quantitative estimate of drug-likeness (QED) is 0.600. The van der Waals surface area contributed by atoms with E-state index < -0.39 is 0 Å². The summed E-state index contributed by atoms with van der Waals surface area (Å²) in [5, 5.41) is 11.0. The Morgan fingerprint density at radius 3 is 2.69 bits per heavy atom. The Morgan fingerprint density at radius 2 is 2.06 bits per heavy atom. The van der Waals surface area contributed by atoms with Crippen molar-refractivity contribution >= 4 is 11.6 Å². The fourth-order valence-electron chi connectivity index (χ4n) is 1.11. The van der Waals surface area contributed by atoms with E-state index in [9.17, 15) is 4.79 Å². The van der Waals surface area contributed by atoms with Gasteiger partial charge in [0.2, 0.25) is 5.91 Å². The first-order valence-electron chi connectivity index (χ1n) is 5.08. The van der Waals surface area contributed by atoms with E-state index in [0.717, 1.165) is 0 Å². The molecule has 0 bridgehead atoms. The standard InChI is InChI=1S/C11H16N2O3/c12-9-1-3-10(4-2-9)16-8-5-11(15)13-6-7-14/h1-4,14H,5-8,12H2,(H,13,15). The third-order valence-corrected chi connectivity index (χ3v) is 1.91. The second kappa shape index (κ2) is 6.68. The number of anilines is 1. The number of aliphatic hydroxyl groups excluding tert-OH is 1. The molecule has 0 fully saturated rings. The second-order valence-electron chi connectivity index (χ2n) is 3.24. The lowest BCUT2D eigenvalue weighted by molar-refractivity contribution is -0.121. The lowest BCUT2D eigenvalue weighted by atomic mass is 10.3. The van der Waals surface area contributed by atoms with Crippen molar-refractivity contribution in [1.29, 1.82) is 0 Å². The summed E-state index contributed by atoms with van der Waals surface area (Å²) >= 11 is 0. The van der Waals surface area contributed by atoms with Crippen molar-refractivity contribution in [2.45, 2.75) is 6.42 Å². The number of amides is 1. The van der Waals surface area contributed by atoms with Crippen LogP contribution >= 0.6 is 0 Å². The number of benzene rings is 1. The number of nitrogen functional groups attached to an aromatic ring is 1. The number of hydrogen-bond donors (Lipinski definition) is 3. The number of carbonyl (C=O) groups is 1. The van der Waals surface area contributed by atoms with Gasteiger partial charge in [-0.05, 0) is 24.3 Å². The largest absolute Gasteiger partial charge is 0.493 e. The van der Waals surface area contributed by atoms with Gasteiger partial charge in [-0.15, -0.1) is 0 Å². The molecule has 0 atom stereocenters. The number of ether oxygens (including phenoxy) is 1. The summed E-state index contributed by atoms with van der Waals surface area (Å²) in [5.41, 5.74) is 6.19. The highest BCUT2D eigenvalue weighted by atomic mass is 16.5. The van der Waals surface area contributed by atoms with Gasteiger partial charge in [0.05, 0.1) is 19.6 Å². The number of nitrogens with one attached hydrogen (secondary N) is 1. The van der Waals surface area contributed by atoms with E-state index in [0.29, 0.717) is 18.0 Å². The zero-order chi connectivity index (χ0) is 11.8. The molecule has 0 aliphatic rings. The maximum atomic E-state index is 11.1. The first-order chi connectivity index (χ1) is 7.72. The number of hydrogen-bond acceptors (Lipinski definition) is 4. The van der Waals surface area contributed by atoms with Crippen molar-refractivity contribution in [3.05, 3.63) is 24.3 Å². The number of carbonyl (C=O) groups excluding carboxylic acids is 1. The molecule has 0 saturated carbocycles. The van der Waals surface area contributed by atoms with E-state index in [4.69, 9.17) is 15.6 Å². The number of rotatable bonds is 6. The van der Waals surface area contributed by atoms with Crippen LogP contribution in [-0.4, -0.2) is 30.8 Å². The van der Waals surface area contributed by atoms with Gasteiger partial charge >= 0.3 is 0 Å². The van der Waals surface area contributed by atoms with Gasteiger partial charge in [-0.3, -0.25) is 4.79 Å². The Labute approximate surface area is 94.2 Å². The molecule has 0 saturated heterocycles. The van der Waals surface area contributed by atoms with Crippen LogP contribution in [0.5, 0.6) is 5.75 Å². The topological polar surface area (TPSA) is 84.6 Å². The summed E-state index contributed by atoms with van der Waals surface area (Å²) in [7, 11) is 0. The maximum Gasteiger partial charge on any atom is 0.223 e. The summed E-state index contributed by atoms with van der Waals surface area (Å²) in [6.45, 7) is 0.534. The van der Waals surface area contributed by atoms with Crippen LogP contribution in [0.25, 0.3) is 0 Å².